The van der Waals surface area contributed by atoms with Crippen molar-refractivity contribution < 1.29 is 14.3 Å². The molecule has 1 saturated heterocycles. The number of hydrogen-bond donors (Lipinski definition) is 0. The third-order valence-electron chi connectivity index (χ3n) is 7.35. The van der Waals surface area contributed by atoms with Crippen LogP contribution in [0.1, 0.15) is 29.2 Å². The largest absolute Gasteiger partial charge is 0.448 e. The molecule has 1 aliphatic carbocycles. The molecule has 2 aromatic heterocycles. The van der Waals surface area contributed by atoms with Crippen molar-refractivity contribution in [2.75, 3.05) is 19.8 Å². The zero-order valence-electron chi connectivity index (χ0n) is 19.1. The summed E-state index contributed by atoms with van der Waals surface area (Å²) in [5.74, 6) is 0.0440. The predicted molar refractivity (Wildman–Crippen MR) is 131 cm³/mol. The molecule has 1 fully saturated rings. The number of imidazole rings is 1. The summed E-state index contributed by atoms with van der Waals surface area (Å²) in [6.45, 7) is 1.26. The lowest BCUT2D eigenvalue weighted by Crippen LogP contribution is -2.56. The van der Waals surface area contributed by atoms with Crippen LogP contribution in [0.4, 0.5) is 4.79 Å². The average Bonchev–Trinajstić information content (AvgIpc) is 3.46. The first-order chi connectivity index (χ1) is 17.3. The molecule has 7 heteroatoms. The molecule has 2 aliphatic heterocycles. The molecule has 35 heavy (non-hydrogen) atoms. The van der Waals surface area contributed by atoms with E-state index in [-0.39, 0.29) is 24.1 Å². The Kier molecular flexibility index (Phi) is 4.70. The van der Waals surface area contributed by atoms with E-state index in [2.05, 4.69) is 52.6 Å². The van der Waals surface area contributed by atoms with Gasteiger partial charge >= 0.3 is 6.09 Å². The summed E-state index contributed by atoms with van der Waals surface area (Å²) in [6.07, 6.45) is 6.11. The molecule has 2 bridgehead atoms. The van der Waals surface area contributed by atoms with E-state index in [1.807, 2.05) is 39.9 Å². The zero-order chi connectivity index (χ0) is 23.4. The molecule has 0 N–H and O–H groups in total. The van der Waals surface area contributed by atoms with E-state index in [4.69, 9.17) is 9.47 Å². The number of aromatic nitrogens is 3. The predicted octanol–water partition coefficient (Wildman–Crippen LogP) is 4.53. The van der Waals surface area contributed by atoms with E-state index in [1.54, 1.807) is 6.20 Å². The fourth-order valence-corrected chi connectivity index (χ4v) is 5.79. The number of rotatable bonds is 3. The minimum absolute atomic E-state index is 0.0440. The van der Waals surface area contributed by atoms with Crippen LogP contribution in [0.25, 0.3) is 22.3 Å². The van der Waals surface area contributed by atoms with E-state index in [0.29, 0.717) is 26.2 Å². The van der Waals surface area contributed by atoms with Crippen LogP contribution in [0.3, 0.4) is 0 Å². The third kappa shape index (κ3) is 3.26. The molecular formula is C28H24N4O3. The summed E-state index contributed by atoms with van der Waals surface area (Å²) in [5.41, 5.74) is 7.78. The topological polar surface area (TPSA) is 69.0 Å². The van der Waals surface area contributed by atoms with Crippen LogP contribution in [0.2, 0.25) is 0 Å². The number of carbonyl (C=O) groups excluding carboxylic acids is 1. The van der Waals surface area contributed by atoms with Gasteiger partial charge in [-0.1, -0.05) is 54.6 Å². The van der Waals surface area contributed by atoms with Crippen molar-refractivity contribution in [2.24, 2.45) is 0 Å². The van der Waals surface area contributed by atoms with Crippen LogP contribution in [-0.2, 0) is 9.47 Å². The van der Waals surface area contributed by atoms with Crippen molar-refractivity contribution in [1.29, 1.82) is 0 Å². The van der Waals surface area contributed by atoms with Crippen LogP contribution in [-0.4, -0.2) is 57.5 Å². The number of amides is 1. The molecule has 0 saturated carbocycles. The molecule has 2 atom stereocenters. The molecule has 2 aromatic carbocycles. The van der Waals surface area contributed by atoms with E-state index in [1.165, 1.54) is 22.3 Å². The highest BCUT2D eigenvalue weighted by molar-refractivity contribution is 5.79. The first-order valence-electron chi connectivity index (χ1n) is 12.0. The molecule has 0 radical (unpaired) electrons. The van der Waals surface area contributed by atoms with Gasteiger partial charge in [0.25, 0.3) is 0 Å². The number of morpholine rings is 1. The second-order valence-electron chi connectivity index (χ2n) is 9.30. The molecule has 1 amide bonds. The fourth-order valence-electron chi connectivity index (χ4n) is 5.79. The second-order valence-corrected chi connectivity index (χ2v) is 9.30. The Morgan fingerprint density at radius 1 is 1.00 bits per heavy atom. The molecular weight excluding hydrogens is 440 g/mol. The van der Waals surface area contributed by atoms with Gasteiger partial charge in [-0.15, -0.1) is 0 Å². The van der Waals surface area contributed by atoms with Gasteiger partial charge in [0.1, 0.15) is 6.61 Å². The van der Waals surface area contributed by atoms with Crippen molar-refractivity contribution in [1.82, 2.24) is 19.5 Å². The Bertz CT molecular complexity index is 1430. The van der Waals surface area contributed by atoms with Gasteiger partial charge in [0.15, 0.2) is 5.65 Å². The normalized spacial score (nSPS) is 20.9. The first-order valence-corrected chi connectivity index (χ1v) is 12.0. The molecule has 174 valence electrons. The lowest BCUT2D eigenvalue weighted by atomic mass is 9.93. The summed E-state index contributed by atoms with van der Waals surface area (Å²) in [6, 6.07) is 20.3. The molecule has 7 nitrogen and oxygen atoms in total. The molecule has 2 unspecified atom stereocenters. The van der Waals surface area contributed by atoms with Crippen LogP contribution in [0.5, 0.6) is 0 Å². The summed E-state index contributed by atoms with van der Waals surface area (Å²) in [4.78, 5) is 19.7. The average molecular weight is 465 g/mol. The van der Waals surface area contributed by atoms with Gasteiger partial charge < -0.3 is 9.47 Å². The van der Waals surface area contributed by atoms with Crippen molar-refractivity contribution in [2.45, 2.75) is 24.4 Å². The van der Waals surface area contributed by atoms with Crippen molar-refractivity contribution in [3.05, 3.63) is 96.0 Å². The smallest absolute Gasteiger partial charge is 0.410 e. The standard InChI is InChI=1S/C28H24N4O3/c33-28(35-17-25-23-8-3-1-6-21(23)22-7-2-4-9-24(22)25)31-19-12-18(13-20(31)16-34-15-19)26-14-29-27-10-5-11-30-32(26)27/h1-12,14,19-20,25H,13,15-17H2. The van der Waals surface area contributed by atoms with Crippen LogP contribution < -0.4 is 0 Å². The number of nitrogens with zero attached hydrogens (tertiary/aromatic N) is 4. The number of carbonyl (C=O) groups is 1. The van der Waals surface area contributed by atoms with Gasteiger partial charge in [0, 0.05) is 12.1 Å². The highest BCUT2D eigenvalue weighted by Gasteiger charge is 2.40. The highest BCUT2D eigenvalue weighted by atomic mass is 16.6. The minimum Gasteiger partial charge on any atom is -0.448 e. The summed E-state index contributed by atoms with van der Waals surface area (Å²) >= 11 is 0. The van der Waals surface area contributed by atoms with Gasteiger partial charge in [0.2, 0.25) is 0 Å². The van der Waals surface area contributed by atoms with Crippen molar-refractivity contribution in [3.8, 4) is 11.1 Å². The third-order valence-corrected chi connectivity index (χ3v) is 7.35. The maximum Gasteiger partial charge on any atom is 0.410 e. The van der Waals surface area contributed by atoms with Crippen molar-refractivity contribution >= 4 is 17.3 Å². The van der Waals surface area contributed by atoms with E-state index < -0.39 is 0 Å². The van der Waals surface area contributed by atoms with E-state index in [0.717, 1.165) is 16.9 Å². The quantitative estimate of drug-likeness (QED) is 0.446. The van der Waals surface area contributed by atoms with Crippen molar-refractivity contribution in [3.63, 3.8) is 0 Å². The molecule has 7 rings (SSSR count). The van der Waals surface area contributed by atoms with Crippen LogP contribution in [0.15, 0.2) is 79.1 Å². The lowest BCUT2D eigenvalue weighted by Gasteiger charge is -2.43. The van der Waals surface area contributed by atoms with Gasteiger partial charge in [-0.05, 0) is 46.4 Å². The van der Waals surface area contributed by atoms with Gasteiger partial charge in [-0.3, -0.25) is 4.90 Å². The van der Waals surface area contributed by atoms with Gasteiger partial charge in [0.05, 0.1) is 37.2 Å². The summed E-state index contributed by atoms with van der Waals surface area (Å²) in [7, 11) is 0. The maximum atomic E-state index is 13.4. The number of ether oxygens (including phenoxy) is 2. The Morgan fingerprint density at radius 2 is 1.77 bits per heavy atom. The Morgan fingerprint density at radius 3 is 2.54 bits per heavy atom. The van der Waals surface area contributed by atoms with Crippen LogP contribution in [0, 0.1) is 0 Å². The number of fused-ring (bicyclic) bond motifs is 6. The monoisotopic (exact) mass is 464 g/mol. The molecule has 4 aromatic rings. The summed E-state index contributed by atoms with van der Waals surface area (Å²) in [5, 5.41) is 4.45. The van der Waals surface area contributed by atoms with E-state index >= 15 is 0 Å². The highest BCUT2D eigenvalue weighted by Crippen LogP contribution is 2.44. The molecule has 4 heterocycles. The maximum absolute atomic E-state index is 13.4. The van der Waals surface area contributed by atoms with Gasteiger partial charge in [-0.25, -0.2) is 14.3 Å². The first kappa shape index (κ1) is 20.4. The fraction of sp³-hybridized carbons (Fsp3) is 0.250. The minimum atomic E-state index is -0.281. The summed E-state index contributed by atoms with van der Waals surface area (Å²) < 4.78 is 13.6. The molecule has 0 spiro atoms. The van der Waals surface area contributed by atoms with E-state index in [9.17, 15) is 4.79 Å². The Labute approximate surface area is 202 Å². The molecule has 3 aliphatic rings. The van der Waals surface area contributed by atoms with Gasteiger partial charge in [-0.2, -0.15) is 5.10 Å². The Hall–Kier alpha value is -3.97. The zero-order valence-corrected chi connectivity index (χ0v) is 19.1. The second kappa shape index (κ2) is 8.06. The van der Waals surface area contributed by atoms with Crippen LogP contribution >= 0.6 is 0 Å². The lowest BCUT2D eigenvalue weighted by molar-refractivity contribution is -0.0332. The number of benzene rings is 2. The SMILES string of the molecule is O=C(OCC1c2ccccc2-c2ccccc21)N1C2C=C(c3cnc4cccnn34)CC1COC2. The Balaban J connectivity index is 1.14. The number of hydrogen-bond acceptors (Lipinski definition) is 5.